The Balaban J connectivity index is 2.24. The number of nitrogens with one attached hydrogen (secondary N) is 1. The third-order valence-electron chi connectivity index (χ3n) is 2.81. The zero-order chi connectivity index (χ0) is 14.5. The summed E-state index contributed by atoms with van der Waals surface area (Å²) in [6, 6.07) is 5.03. The number of thiazole rings is 1. The van der Waals surface area contributed by atoms with Gasteiger partial charge in [0.15, 0.2) is 0 Å². The van der Waals surface area contributed by atoms with E-state index in [0.717, 1.165) is 22.1 Å². The highest BCUT2D eigenvalue weighted by Crippen LogP contribution is 2.25. The van der Waals surface area contributed by atoms with E-state index in [2.05, 4.69) is 10.3 Å². The maximum Gasteiger partial charge on any atom is 0.145 e. The summed E-state index contributed by atoms with van der Waals surface area (Å²) in [6.45, 7) is 1.19. The Labute approximate surface area is 126 Å². The SMILES string of the molecule is CNCc1sc(Cc2cccc(Cl)c2F)nc1COC. The summed E-state index contributed by atoms with van der Waals surface area (Å²) >= 11 is 7.36. The molecule has 1 heterocycles. The molecule has 0 spiro atoms. The second kappa shape index (κ2) is 7.13. The molecule has 0 saturated carbocycles. The summed E-state index contributed by atoms with van der Waals surface area (Å²) in [5, 5.41) is 4.11. The smallest absolute Gasteiger partial charge is 0.145 e. The molecule has 0 aliphatic rings. The van der Waals surface area contributed by atoms with Gasteiger partial charge in [0, 0.05) is 25.0 Å². The molecule has 0 amide bonds. The van der Waals surface area contributed by atoms with Gasteiger partial charge in [-0.15, -0.1) is 11.3 Å². The van der Waals surface area contributed by atoms with Gasteiger partial charge in [0.2, 0.25) is 0 Å². The number of rotatable bonds is 6. The van der Waals surface area contributed by atoms with Crippen molar-refractivity contribution in [3.63, 3.8) is 0 Å². The monoisotopic (exact) mass is 314 g/mol. The van der Waals surface area contributed by atoms with Crippen LogP contribution in [0.5, 0.6) is 0 Å². The second-order valence-electron chi connectivity index (χ2n) is 4.33. The minimum Gasteiger partial charge on any atom is -0.378 e. The molecule has 0 unspecified atom stereocenters. The summed E-state index contributed by atoms with van der Waals surface area (Å²) < 4.78 is 19.0. The molecule has 0 radical (unpaired) electrons. The molecule has 20 heavy (non-hydrogen) atoms. The Morgan fingerprint density at radius 1 is 1.45 bits per heavy atom. The van der Waals surface area contributed by atoms with Crippen LogP contribution in [0, 0.1) is 5.82 Å². The van der Waals surface area contributed by atoms with E-state index < -0.39 is 0 Å². The molecule has 1 aromatic carbocycles. The van der Waals surface area contributed by atoms with E-state index in [1.54, 1.807) is 36.6 Å². The minimum absolute atomic E-state index is 0.145. The van der Waals surface area contributed by atoms with Crippen molar-refractivity contribution in [2.24, 2.45) is 0 Å². The molecule has 0 aliphatic heterocycles. The van der Waals surface area contributed by atoms with E-state index in [1.807, 2.05) is 7.05 Å². The van der Waals surface area contributed by atoms with Crippen LogP contribution in [0.15, 0.2) is 18.2 Å². The predicted octanol–water partition coefficient (Wildman–Crippen LogP) is 3.39. The number of halogens is 2. The lowest BCUT2D eigenvalue weighted by Crippen LogP contribution is -2.06. The molecule has 3 nitrogen and oxygen atoms in total. The van der Waals surface area contributed by atoms with E-state index in [0.29, 0.717) is 18.6 Å². The van der Waals surface area contributed by atoms with E-state index in [-0.39, 0.29) is 10.8 Å². The van der Waals surface area contributed by atoms with Crippen LogP contribution < -0.4 is 5.32 Å². The molecule has 6 heteroatoms. The molecule has 0 bridgehead atoms. The molecule has 0 saturated heterocycles. The second-order valence-corrected chi connectivity index (χ2v) is 5.91. The highest BCUT2D eigenvalue weighted by molar-refractivity contribution is 7.11. The van der Waals surface area contributed by atoms with E-state index >= 15 is 0 Å². The Kier molecular flexibility index (Phi) is 5.48. The summed E-state index contributed by atoms with van der Waals surface area (Å²) in [6.07, 6.45) is 0.442. The molecule has 108 valence electrons. The largest absolute Gasteiger partial charge is 0.378 e. The Bertz CT molecular complexity index is 565. The number of methoxy groups -OCH3 is 1. The molecule has 0 fully saturated rings. The standard InChI is InChI=1S/C14H16ClFN2OS/c1-17-7-12-11(8-19-2)18-13(20-12)6-9-4-3-5-10(15)14(9)16/h3-5,17H,6-8H2,1-2H3. The van der Waals surface area contributed by atoms with Crippen LogP contribution in [-0.2, 0) is 24.3 Å². The van der Waals surface area contributed by atoms with Gasteiger partial charge in [0.05, 0.1) is 22.3 Å². The fourth-order valence-corrected chi connectivity index (χ4v) is 3.21. The van der Waals surface area contributed by atoms with Crippen LogP contribution in [-0.4, -0.2) is 19.1 Å². The number of aromatic nitrogens is 1. The van der Waals surface area contributed by atoms with Crippen molar-refractivity contribution in [3.8, 4) is 0 Å². The van der Waals surface area contributed by atoms with Crippen molar-refractivity contribution in [2.45, 2.75) is 19.6 Å². The first-order valence-electron chi connectivity index (χ1n) is 6.19. The number of ether oxygens (including phenoxy) is 1. The van der Waals surface area contributed by atoms with Crippen LogP contribution in [0.2, 0.25) is 5.02 Å². The van der Waals surface area contributed by atoms with Gasteiger partial charge >= 0.3 is 0 Å². The van der Waals surface area contributed by atoms with Crippen molar-refractivity contribution in [2.75, 3.05) is 14.2 Å². The predicted molar refractivity (Wildman–Crippen MR) is 79.8 cm³/mol. The van der Waals surface area contributed by atoms with Crippen molar-refractivity contribution < 1.29 is 9.13 Å². The summed E-state index contributed by atoms with van der Waals surface area (Å²) in [7, 11) is 3.52. The van der Waals surface area contributed by atoms with Gasteiger partial charge in [-0.1, -0.05) is 23.7 Å². The van der Waals surface area contributed by atoms with Crippen LogP contribution in [0.3, 0.4) is 0 Å². The van der Waals surface area contributed by atoms with E-state index in [1.165, 1.54) is 0 Å². The third kappa shape index (κ3) is 3.55. The maximum absolute atomic E-state index is 13.9. The van der Waals surface area contributed by atoms with Crippen molar-refractivity contribution in [1.82, 2.24) is 10.3 Å². The lowest BCUT2D eigenvalue weighted by atomic mass is 10.1. The normalized spacial score (nSPS) is 11.0. The van der Waals surface area contributed by atoms with Crippen molar-refractivity contribution >= 4 is 22.9 Å². The summed E-state index contributed by atoms with van der Waals surface area (Å²) in [5.74, 6) is -0.368. The molecule has 2 rings (SSSR count). The third-order valence-corrected chi connectivity index (χ3v) is 4.20. The summed E-state index contributed by atoms with van der Waals surface area (Å²) in [4.78, 5) is 5.65. The number of hydrogen-bond acceptors (Lipinski definition) is 4. The zero-order valence-corrected chi connectivity index (χ0v) is 12.9. The highest BCUT2D eigenvalue weighted by atomic mass is 35.5. The average Bonchev–Trinajstić information content (AvgIpc) is 2.78. The Morgan fingerprint density at radius 2 is 2.25 bits per heavy atom. The fraction of sp³-hybridized carbons (Fsp3) is 0.357. The lowest BCUT2D eigenvalue weighted by molar-refractivity contribution is 0.181. The van der Waals surface area contributed by atoms with Crippen molar-refractivity contribution in [1.29, 1.82) is 0 Å². The van der Waals surface area contributed by atoms with Gasteiger partial charge in [-0.3, -0.25) is 0 Å². The number of nitrogens with zero attached hydrogens (tertiary/aromatic N) is 1. The molecule has 2 aromatic rings. The average molecular weight is 315 g/mol. The van der Waals surface area contributed by atoms with Crippen LogP contribution in [0.4, 0.5) is 4.39 Å². The minimum atomic E-state index is -0.368. The fourth-order valence-electron chi connectivity index (χ4n) is 1.91. The van der Waals surface area contributed by atoms with Crippen LogP contribution in [0.25, 0.3) is 0 Å². The topological polar surface area (TPSA) is 34.2 Å². The van der Waals surface area contributed by atoms with Gasteiger partial charge in [-0.05, 0) is 18.7 Å². The van der Waals surface area contributed by atoms with Crippen LogP contribution >= 0.6 is 22.9 Å². The van der Waals surface area contributed by atoms with Gasteiger partial charge in [0.1, 0.15) is 5.82 Å². The molecule has 0 aliphatic carbocycles. The van der Waals surface area contributed by atoms with E-state index in [9.17, 15) is 4.39 Å². The zero-order valence-electron chi connectivity index (χ0n) is 11.4. The van der Waals surface area contributed by atoms with Crippen LogP contribution in [0.1, 0.15) is 21.1 Å². The molecular weight excluding hydrogens is 299 g/mol. The van der Waals surface area contributed by atoms with Gasteiger partial charge in [0.25, 0.3) is 0 Å². The molecule has 0 atom stereocenters. The van der Waals surface area contributed by atoms with Crippen molar-refractivity contribution in [3.05, 3.63) is 50.2 Å². The van der Waals surface area contributed by atoms with Gasteiger partial charge in [-0.2, -0.15) is 0 Å². The number of benzene rings is 1. The van der Waals surface area contributed by atoms with Gasteiger partial charge < -0.3 is 10.1 Å². The van der Waals surface area contributed by atoms with Gasteiger partial charge in [-0.25, -0.2) is 9.37 Å². The number of hydrogen-bond donors (Lipinski definition) is 1. The highest BCUT2D eigenvalue weighted by Gasteiger charge is 2.13. The first-order chi connectivity index (χ1) is 9.65. The molecular formula is C14H16ClFN2OS. The quantitative estimate of drug-likeness (QED) is 0.887. The Hall–Kier alpha value is -1.01. The summed E-state index contributed by atoms with van der Waals surface area (Å²) in [5.41, 5.74) is 1.47. The Morgan fingerprint density at radius 3 is 2.95 bits per heavy atom. The van der Waals surface area contributed by atoms with E-state index in [4.69, 9.17) is 16.3 Å². The molecule has 1 aromatic heterocycles. The maximum atomic E-state index is 13.9. The molecule has 1 N–H and O–H groups in total. The lowest BCUT2D eigenvalue weighted by Gasteiger charge is -2.01. The first-order valence-corrected chi connectivity index (χ1v) is 7.39. The first kappa shape index (κ1) is 15.4.